The van der Waals surface area contributed by atoms with Crippen LogP contribution in [0.5, 0.6) is 0 Å². The molecular weight excluding hydrogens is 319 g/mol. The van der Waals surface area contributed by atoms with Gasteiger partial charge in [0, 0.05) is 32.6 Å². The standard InChI is InChI=1S/C20H29FN2O2/c21-19-4-2-1-3-17(19)6-8-20(24)23-12-9-16(10-13-23)5-7-18-15-22-11-14-25-18/h1-4,16,18,22H,5-15H2. The third-order valence-electron chi connectivity index (χ3n) is 5.43. The van der Waals surface area contributed by atoms with Crippen molar-refractivity contribution in [2.45, 2.75) is 44.6 Å². The number of halogens is 1. The molecule has 1 amide bonds. The van der Waals surface area contributed by atoms with Crippen molar-refractivity contribution in [2.75, 3.05) is 32.8 Å². The Labute approximate surface area is 149 Å². The second-order valence-electron chi connectivity index (χ2n) is 7.19. The van der Waals surface area contributed by atoms with E-state index < -0.39 is 0 Å². The van der Waals surface area contributed by atoms with Crippen LogP contribution < -0.4 is 5.32 Å². The monoisotopic (exact) mass is 348 g/mol. The minimum atomic E-state index is -0.214. The smallest absolute Gasteiger partial charge is 0.222 e. The van der Waals surface area contributed by atoms with Gasteiger partial charge in [-0.05, 0) is 49.7 Å². The van der Waals surface area contributed by atoms with Crippen molar-refractivity contribution in [2.24, 2.45) is 5.92 Å². The predicted molar refractivity (Wildman–Crippen MR) is 95.9 cm³/mol. The van der Waals surface area contributed by atoms with Crippen LogP contribution in [0.1, 0.15) is 37.7 Å². The van der Waals surface area contributed by atoms with Gasteiger partial charge in [0.1, 0.15) is 5.82 Å². The van der Waals surface area contributed by atoms with Crippen LogP contribution in [0.15, 0.2) is 24.3 Å². The number of hydrogen-bond acceptors (Lipinski definition) is 3. The molecule has 2 aliphatic heterocycles. The molecule has 2 aliphatic rings. The van der Waals surface area contributed by atoms with Crippen LogP contribution in [0.25, 0.3) is 0 Å². The van der Waals surface area contributed by atoms with E-state index in [0.717, 1.165) is 52.0 Å². The molecular formula is C20H29FN2O2. The van der Waals surface area contributed by atoms with Crippen molar-refractivity contribution in [3.63, 3.8) is 0 Å². The lowest BCUT2D eigenvalue weighted by Crippen LogP contribution is -2.40. The van der Waals surface area contributed by atoms with E-state index in [2.05, 4.69) is 5.32 Å². The van der Waals surface area contributed by atoms with Crippen LogP contribution in [-0.4, -0.2) is 49.7 Å². The number of morpholine rings is 1. The first-order valence-corrected chi connectivity index (χ1v) is 9.56. The van der Waals surface area contributed by atoms with Gasteiger partial charge < -0.3 is 15.0 Å². The third-order valence-corrected chi connectivity index (χ3v) is 5.43. The van der Waals surface area contributed by atoms with Crippen LogP contribution in [0.2, 0.25) is 0 Å². The molecule has 2 fully saturated rings. The maximum Gasteiger partial charge on any atom is 0.222 e. The number of carbonyl (C=O) groups is 1. The normalized spacial score (nSPS) is 22.1. The molecule has 0 aliphatic carbocycles. The number of aryl methyl sites for hydroxylation is 1. The summed E-state index contributed by atoms with van der Waals surface area (Å²) in [6, 6.07) is 6.72. The van der Waals surface area contributed by atoms with Crippen molar-refractivity contribution < 1.29 is 13.9 Å². The van der Waals surface area contributed by atoms with Gasteiger partial charge in [-0.15, -0.1) is 0 Å². The highest BCUT2D eigenvalue weighted by molar-refractivity contribution is 5.76. The van der Waals surface area contributed by atoms with Gasteiger partial charge in [0.25, 0.3) is 0 Å². The molecule has 1 atom stereocenters. The molecule has 2 saturated heterocycles. The maximum absolute atomic E-state index is 13.6. The summed E-state index contributed by atoms with van der Waals surface area (Å²) in [5.41, 5.74) is 0.631. The van der Waals surface area contributed by atoms with Crippen molar-refractivity contribution in [1.29, 1.82) is 0 Å². The highest BCUT2D eigenvalue weighted by Gasteiger charge is 2.24. The number of hydrogen-bond donors (Lipinski definition) is 1. The number of amides is 1. The molecule has 25 heavy (non-hydrogen) atoms. The van der Waals surface area contributed by atoms with E-state index in [-0.39, 0.29) is 11.7 Å². The largest absolute Gasteiger partial charge is 0.376 e. The molecule has 5 heteroatoms. The Bertz CT molecular complexity index is 552. The fourth-order valence-corrected chi connectivity index (χ4v) is 3.80. The molecule has 138 valence electrons. The van der Waals surface area contributed by atoms with E-state index >= 15 is 0 Å². The number of rotatable bonds is 6. The van der Waals surface area contributed by atoms with Gasteiger partial charge in [-0.3, -0.25) is 4.79 Å². The van der Waals surface area contributed by atoms with Crippen molar-refractivity contribution in [3.05, 3.63) is 35.6 Å². The Morgan fingerprint density at radius 1 is 1.24 bits per heavy atom. The minimum Gasteiger partial charge on any atom is -0.376 e. The molecule has 1 aromatic carbocycles. The second-order valence-corrected chi connectivity index (χ2v) is 7.19. The number of nitrogens with zero attached hydrogens (tertiary/aromatic N) is 1. The third kappa shape index (κ3) is 5.51. The van der Waals surface area contributed by atoms with E-state index in [1.54, 1.807) is 12.1 Å². The van der Waals surface area contributed by atoms with E-state index in [9.17, 15) is 9.18 Å². The second kappa shape index (κ2) is 9.30. The lowest BCUT2D eigenvalue weighted by atomic mass is 9.90. The number of ether oxygens (including phenoxy) is 1. The minimum absolute atomic E-state index is 0.154. The summed E-state index contributed by atoms with van der Waals surface area (Å²) in [5, 5.41) is 3.37. The van der Waals surface area contributed by atoms with Crippen molar-refractivity contribution >= 4 is 5.91 Å². The summed E-state index contributed by atoms with van der Waals surface area (Å²) in [6.45, 7) is 4.42. The van der Waals surface area contributed by atoms with E-state index in [1.165, 1.54) is 12.5 Å². The van der Waals surface area contributed by atoms with Crippen molar-refractivity contribution in [1.82, 2.24) is 10.2 Å². The summed E-state index contributed by atoms with van der Waals surface area (Å²) in [6.07, 6.45) is 5.68. The number of benzene rings is 1. The first-order chi connectivity index (χ1) is 12.2. The van der Waals surface area contributed by atoms with Gasteiger partial charge in [0.05, 0.1) is 12.7 Å². The molecule has 0 radical (unpaired) electrons. The predicted octanol–water partition coefficient (Wildman–Crippen LogP) is 2.77. The van der Waals surface area contributed by atoms with Crippen LogP contribution in [0.4, 0.5) is 4.39 Å². The molecule has 1 unspecified atom stereocenters. The van der Waals surface area contributed by atoms with Gasteiger partial charge in [-0.25, -0.2) is 4.39 Å². The average molecular weight is 348 g/mol. The van der Waals surface area contributed by atoms with Crippen LogP contribution in [0.3, 0.4) is 0 Å². The molecule has 1 N–H and O–H groups in total. The van der Waals surface area contributed by atoms with Gasteiger partial charge in [-0.1, -0.05) is 18.2 Å². The molecule has 2 heterocycles. The zero-order valence-corrected chi connectivity index (χ0v) is 14.9. The summed E-state index contributed by atoms with van der Waals surface area (Å²) in [7, 11) is 0. The first kappa shape index (κ1) is 18.3. The lowest BCUT2D eigenvalue weighted by Gasteiger charge is -2.33. The van der Waals surface area contributed by atoms with Crippen LogP contribution in [-0.2, 0) is 16.0 Å². The Morgan fingerprint density at radius 2 is 2.04 bits per heavy atom. The molecule has 0 spiro atoms. The van der Waals surface area contributed by atoms with E-state index in [1.807, 2.05) is 11.0 Å². The zero-order chi connectivity index (χ0) is 17.5. The summed E-state index contributed by atoms with van der Waals surface area (Å²) >= 11 is 0. The van der Waals surface area contributed by atoms with Gasteiger partial charge in [-0.2, -0.15) is 0 Å². The Hall–Kier alpha value is -1.46. The fraction of sp³-hybridized carbons (Fsp3) is 0.650. The lowest BCUT2D eigenvalue weighted by molar-refractivity contribution is -0.132. The van der Waals surface area contributed by atoms with Gasteiger partial charge in [0.15, 0.2) is 0 Å². The van der Waals surface area contributed by atoms with Crippen LogP contribution >= 0.6 is 0 Å². The number of nitrogens with one attached hydrogen (secondary N) is 1. The van der Waals surface area contributed by atoms with Gasteiger partial charge in [0.2, 0.25) is 5.91 Å². The molecule has 0 saturated carbocycles. The van der Waals surface area contributed by atoms with Gasteiger partial charge >= 0.3 is 0 Å². The maximum atomic E-state index is 13.6. The molecule has 0 aromatic heterocycles. The molecule has 3 rings (SSSR count). The number of likely N-dealkylation sites (tertiary alicyclic amines) is 1. The topological polar surface area (TPSA) is 41.6 Å². The Morgan fingerprint density at radius 3 is 2.76 bits per heavy atom. The number of piperidine rings is 1. The molecule has 4 nitrogen and oxygen atoms in total. The van der Waals surface area contributed by atoms with Crippen molar-refractivity contribution in [3.8, 4) is 0 Å². The average Bonchev–Trinajstić information content (AvgIpc) is 2.67. The SMILES string of the molecule is O=C(CCc1ccccc1F)N1CCC(CCC2CNCCO2)CC1. The highest BCUT2D eigenvalue weighted by Crippen LogP contribution is 2.24. The molecule has 0 bridgehead atoms. The molecule has 1 aromatic rings. The first-order valence-electron chi connectivity index (χ1n) is 9.56. The quantitative estimate of drug-likeness (QED) is 0.859. The van der Waals surface area contributed by atoms with Crippen LogP contribution in [0, 0.1) is 11.7 Å². The highest BCUT2D eigenvalue weighted by atomic mass is 19.1. The summed E-state index contributed by atoms with van der Waals surface area (Å²) < 4.78 is 19.4. The Kier molecular flexibility index (Phi) is 6.82. The Balaban J connectivity index is 1.35. The van der Waals surface area contributed by atoms with E-state index in [0.29, 0.717) is 30.4 Å². The fourth-order valence-electron chi connectivity index (χ4n) is 3.80. The zero-order valence-electron chi connectivity index (χ0n) is 14.9. The number of carbonyl (C=O) groups excluding carboxylic acids is 1. The van der Waals surface area contributed by atoms with E-state index in [4.69, 9.17) is 4.74 Å². The summed E-state index contributed by atoms with van der Waals surface area (Å²) in [4.78, 5) is 14.3. The summed E-state index contributed by atoms with van der Waals surface area (Å²) in [5.74, 6) is 0.635.